The molecular formula is C26H22IrN-. The van der Waals surface area contributed by atoms with Crippen LogP contribution in [-0.4, -0.2) is 4.98 Å². The number of benzene rings is 3. The minimum atomic E-state index is 0. The Morgan fingerprint density at radius 1 is 0.857 bits per heavy atom. The fraction of sp³-hybridized carbons (Fsp3) is 0.192. The topological polar surface area (TPSA) is 12.9 Å². The first kappa shape index (κ1) is 19.1. The molecule has 0 N–H and O–H groups in total. The smallest absolute Gasteiger partial charge is 0.0608 e. The van der Waals surface area contributed by atoms with E-state index in [2.05, 4.69) is 94.4 Å². The van der Waals surface area contributed by atoms with Gasteiger partial charge in [0, 0.05) is 25.5 Å². The number of rotatable bonds is 1. The van der Waals surface area contributed by atoms with Gasteiger partial charge in [-0.3, -0.25) is 4.98 Å². The van der Waals surface area contributed by atoms with Crippen LogP contribution in [0.25, 0.3) is 44.4 Å². The third-order valence-electron chi connectivity index (χ3n) is 5.62. The molecule has 0 saturated carbocycles. The molecule has 1 aliphatic carbocycles. The Hall–Kier alpha value is -2.28. The van der Waals surface area contributed by atoms with Crippen molar-refractivity contribution in [2.75, 3.05) is 0 Å². The maximum atomic E-state index is 4.99. The Labute approximate surface area is 180 Å². The van der Waals surface area contributed by atoms with E-state index in [0.717, 1.165) is 16.8 Å². The van der Waals surface area contributed by atoms with Crippen molar-refractivity contribution in [3.63, 3.8) is 0 Å². The molecule has 1 radical (unpaired) electrons. The number of hydrogen-bond donors (Lipinski definition) is 0. The fourth-order valence-electron chi connectivity index (χ4n) is 4.12. The van der Waals surface area contributed by atoms with E-state index in [1.54, 1.807) is 0 Å². The Morgan fingerprint density at radius 3 is 2.29 bits per heavy atom. The maximum absolute atomic E-state index is 4.99. The van der Waals surface area contributed by atoms with Crippen molar-refractivity contribution in [2.24, 2.45) is 0 Å². The summed E-state index contributed by atoms with van der Waals surface area (Å²) in [4.78, 5) is 4.99. The average molecular weight is 541 g/mol. The second-order valence-corrected chi connectivity index (χ2v) is 8.49. The number of nitrogens with zero attached hydrogens (tertiary/aromatic N) is 1. The van der Waals surface area contributed by atoms with Crippen LogP contribution in [0.15, 0.2) is 60.7 Å². The van der Waals surface area contributed by atoms with E-state index in [1.165, 1.54) is 38.8 Å². The van der Waals surface area contributed by atoms with Crippen molar-refractivity contribution >= 4 is 10.9 Å². The van der Waals surface area contributed by atoms with E-state index < -0.39 is 0 Å². The molecule has 0 bridgehead atoms. The zero-order valence-electron chi connectivity index (χ0n) is 16.6. The second-order valence-electron chi connectivity index (χ2n) is 8.49. The summed E-state index contributed by atoms with van der Waals surface area (Å²) in [6, 6.07) is 25.2. The average Bonchev–Trinajstić information content (AvgIpc) is 3.00. The fourth-order valence-corrected chi connectivity index (χ4v) is 4.12. The summed E-state index contributed by atoms with van der Waals surface area (Å²) in [6.07, 6.45) is 0. The second kappa shape index (κ2) is 6.65. The van der Waals surface area contributed by atoms with E-state index in [4.69, 9.17) is 4.98 Å². The van der Waals surface area contributed by atoms with Crippen molar-refractivity contribution < 1.29 is 20.1 Å². The number of aromatic nitrogens is 1. The van der Waals surface area contributed by atoms with Crippen LogP contribution in [0, 0.1) is 13.0 Å². The summed E-state index contributed by atoms with van der Waals surface area (Å²) in [7, 11) is 0. The molecule has 28 heavy (non-hydrogen) atoms. The van der Waals surface area contributed by atoms with Gasteiger partial charge in [0.05, 0.1) is 5.52 Å². The van der Waals surface area contributed by atoms with Crippen LogP contribution < -0.4 is 0 Å². The molecule has 0 aliphatic heterocycles. The van der Waals surface area contributed by atoms with E-state index >= 15 is 0 Å². The zero-order chi connectivity index (χ0) is 18.8. The third-order valence-corrected chi connectivity index (χ3v) is 5.62. The van der Waals surface area contributed by atoms with Gasteiger partial charge >= 0.3 is 0 Å². The summed E-state index contributed by atoms with van der Waals surface area (Å²) in [5, 5.41) is 1.28. The molecular weight excluding hydrogens is 519 g/mol. The Morgan fingerprint density at radius 2 is 1.61 bits per heavy atom. The van der Waals surface area contributed by atoms with Gasteiger partial charge in [0.15, 0.2) is 0 Å². The van der Waals surface area contributed by atoms with Crippen molar-refractivity contribution in [3.05, 3.63) is 77.9 Å². The molecule has 0 spiro atoms. The van der Waals surface area contributed by atoms with Crippen molar-refractivity contribution in [3.8, 4) is 33.5 Å². The molecule has 1 aliphatic rings. The van der Waals surface area contributed by atoms with Crippen molar-refractivity contribution in [2.45, 2.75) is 33.1 Å². The molecule has 1 heterocycles. The predicted octanol–water partition coefficient (Wildman–Crippen LogP) is 6.95. The largest absolute Gasteiger partial charge is 0.296 e. The van der Waals surface area contributed by atoms with Gasteiger partial charge in [-0.15, -0.1) is 35.4 Å². The minimum Gasteiger partial charge on any atom is -0.296 e. The van der Waals surface area contributed by atoms with Crippen LogP contribution in [0.5, 0.6) is 0 Å². The molecule has 3 aromatic carbocycles. The molecule has 0 saturated heterocycles. The van der Waals surface area contributed by atoms with Gasteiger partial charge in [0.25, 0.3) is 0 Å². The number of hydrogen-bond acceptors (Lipinski definition) is 1. The first-order valence-corrected chi connectivity index (χ1v) is 9.50. The Kier molecular flexibility index (Phi) is 4.53. The molecule has 141 valence electrons. The summed E-state index contributed by atoms with van der Waals surface area (Å²) >= 11 is 0. The molecule has 0 unspecified atom stereocenters. The predicted molar refractivity (Wildman–Crippen MR) is 114 cm³/mol. The molecule has 0 fully saturated rings. The van der Waals surface area contributed by atoms with Gasteiger partial charge < -0.3 is 0 Å². The van der Waals surface area contributed by atoms with Crippen LogP contribution in [0.4, 0.5) is 0 Å². The van der Waals surface area contributed by atoms with Crippen LogP contribution in [0.3, 0.4) is 0 Å². The van der Waals surface area contributed by atoms with Gasteiger partial charge in [0.2, 0.25) is 0 Å². The first-order valence-electron chi connectivity index (χ1n) is 9.50. The zero-order valence-corrected chi connectivity index (χ0v) is 18.9. The molecule has 5 rings (SSSR count). The van der Waals surface area contributed by atoms with Gasteiger partial charge in [-0.25, -0.2) is 0 Å². The monoisotopic (exact) mass is 541 g/mol. The maximum Gasteiger partial charge on any atom is 0.0608 e. The van der Waals surface area contributed by atoms with Gasteiger partial charge in [-0.2, -0.15) is 0 Å². The quantitative estimate of drug-likeness (QED) is 0.210. The van der Waals surface area contributed by atoms with Crippen LogP contribution in [0.2, 0.25) is 0 Å². The SMILES string of the molecule is Cc1ccc2nc(-c3[c-]cc(C(C)(C)C)cc3)cc3c2c1-c1ccccc1-3.[Ir]. The van der Waals surface area contributed by atoms with E-state index in [0.29, 0.717) is 0 Å². The first-order chi connectivity index (χ1) is 12.9. The van der Waals surface area contributed by atoms with Gasteiger partial charge in [-0.05, 0) is 51.9 Å². The van der Waals surface area contributed by atoms with E-state index in [1.807, 2.05) is 0 Å². The molecule has 4 aromatic rings. The van der Waals surface area contributed by atoms with Crippen LogP contribution in [0.1, 0.15) is 31.9 Å². The number of pyridine rings is 1. The summed E-state index contributed by atoms with van der Waals surface area (Å²) < 4.78 is 0. The Balaban J connectivity index is 0.00000192. The van der Waals surface area contributed by atoms with Crippen LogP contribution >= 0.6 is 0 Å². The Bertz CT molecular complexity index is 1200. The summed E-state index contributed by atoms with van der Waals surface area (Å²) in [5.41, 5.74) is 11.1. The van der Waals surface area contributed by atoms with Crippen molar-refractivity contribution in [1.29, 1.82) is 0 Å². The van der Waals surface area contributed by atoms with Gasteiger partial charge in [-0.1, -0.05) is 57.2 Å². The molecule has 1 nitrogen and oxygen atoms in total. The van der Waals surface area contributed by atoms with Crippen molar-refractivity contribution in [1.82, 2.24) is 4.98 Å². The molecule has 2 heteroatoms. The molecule has 1 aromatic heterocycles. The number of aryl methyl sites for hydroxylation is 1. The minimum absolute atomic E-state index is 0. The third kappa shape index (κ3) is 2.83. The standard InChI is InChI=1S/C26H22N.Ir/c1-16-9-14-22-25-21(19-7-5-6-8-20(19)24(16)25)15-23(27-22)17-10-12-18(13-11-17)26(2,3)4;/h5-10,12-15H,1-4H3;/q-1;. The molecule has 0 amide bonds. The normalized spacial score (nSPS) is 12.0. The molecule has 0 atom stereocenters. The van der Waals surface area contributed by atoms with E-state index in [-0.39, 0.29) is 25.5 Å². The van der Waals surface area contributed by atoms with E-state index in [9.17, 15) is 0 Å². The summed E-state index contributed by atoms with van der Waals surface area (Å²) in [5.74, 6) is 0. The van der Waals surface area contributed by atoms with Gasteiger partial charge in [0.1, 0.15) is 0 Å². The summed E-state index contributed by atoms with van der Waals surface area (Å²) in [6.45, 7) is 8.87. The number of fused-ring (bicyclic) bond motifs is 3. The van der Waals surface area contributed by atoms with Crippen LogP contribution in [-0.2, 0) is 25.5 Å².